The number of oxime groups is 1. The van der Waals surface area contributed by atoms with Gasteiger partial charge in [-0.2, -0.15) is 0 Å². The van der Waals surface area contributed by atoms with Gasteiger partial charge in [0.15, 0.2) is 0 Å². The number of aryl methyl sites for hydroxylation is 1. The lowest BCUT2D eigenvalue weighted by Gasteiger charge is -2.02. The molecule has 2 aromatic rings. The zero-order valence-electron chi connectivity index (χ0n) is 9.05. The smallest absolute Gasteiger partial charge is 0.0919 e. The van der Waals surface area contributed by atoms with Gasteiger partial charge in [-0.1, -0.05) is 35.5 Å². The minimum absolute atomic E-state index is 0.680. The molecule has 82 valence electrons. The normalized spacial score (nSPS) is 11.7. The second-order valence-electron chi connectivity index (χ2n) is 3.68. The van der Waals surface area contributed by atoms with Crippen molar-refractivity contribution in [2.24, 2.45) is 5.16 Å². The number of benzene rings is 1. The maximum atomic E-state index is 9.04. The van der Waals surface area contributed by atoms with E-state index in [4.69, 9.17) is 5.21 Å². The predicted octanol–water partition coefficient (Wildman–Crippen LogP) is 3.48. The van der Waals surface area contributed by atoms with Crippen LogP contribution in [0.1, 0.15) is 16.0 Å². The minimum Gasteiger partial charge on any atom is -0.411 e. The largest absolute Gasteiger partial charge is 0.411 e. The number of nitrogens with zero attached hydrogens (tertiary/aromatic N) is 1. The maximum absolute atomic E-state index is 9.04. The number of thiophene rings is 1. The van der Waals surface area contributed by atoms with E-state index in [2.05, 4.69) is 23.5 Å². The molecule has 0 saturated carbocycles. The molecular formula is C13H13NOS. The van der Waals surface area contributed by atoms with Crippen molar-refractivity contribution in [3.8, 4) is 0 Å². The molecule has 1 heterocycles. The van der Waals surface area contributed by atoms with Crippen molar-refractivity contribution in [2.75, 3.05) is 0 Å². The molecule has 1 N–H and O–H groups in total. The van der Waals surface area contributed by atoms with Gasteiger partial charge in [0.25, 0.3) is 0 Å². The molecule has 0 spiro atoms. The highest BCUT2D eigenvalue weighted by Crippen LogP contribution is 2.16. The van der Waals surface area contributed by atoms with Gasteiger partial charge >= 0.3 is 0 Å². The lowest BCUT2D eigenvalue weighted by Crippen LogP contribution is -2.03. The second-order valence-corrected chi connectivity index (χ2v) is 4.68. The van der Waals surface area contributed by atoms with Crippen molar-refractivity contribution in [3.05, 3.63) is 57.8 Å². The molecule has 0 aliphatic carbocycles. The highest BCUT2D eigenvalue weighted by molar-refractivity contribution is 7.10. The van der Waals surface area contributed by atoms with Gasteiger partial charge in [0, 0.05) is 11.3 Å². The highest BCUT2D eigenvalue weighted by Gasteiger charge is 2.06. The quantitative estimate of drug-likeness (QED) is 0.489. The van der Waals surface area contributed by atoms with Crippen molar-refractivity contribution in [3.63, 3.8) is 0 Å². The zero-order valence-corrected chi connectivity index (χ0v) is 9.87. The molecule has 1 aromatic carbocycles. The number of hydrogen-bond acceptors (Lipinski definition) is 3. The van der Waals surface area contributed by atoms with Gasteiger partial charge in [-0.25, -0.2) is 0 Å². The summed E-state index contributed by atoms with van der Waals surface area (Å²) < 4.78 is 0. The van der Waals surface area contributed by atoms with Crippen molar-refractivity contribution in [2.45, 2.75) is 13.3 Å². The summed E-state index contributed by atoms with van der Waals surface area (Å²) in [6, 6.07) is 11.9. The topological polar surface area (TPSA) is 32.6 Å². The third-order valence-electron chi connectivity index (χ3n) is 2.35. The fourth-order valence-electron chi connectivity index (χ4n) is 1.57. The van der Waals surface area contributed by atoms with E-state index in [1.54, 1.807) is 11.3 Å². The Morgan fingerprint density at radius 3 is 2.62 bits per heavy atom. The highest BCUT2D eigenvalue weighted by atomic mass is 32.1. The minimum atomic E-state index is 0.680. The van der Waals surface area contributed by atoms with Crippen LogP contribution >= 0.6 is 11.3 Å². The van der Waals surface area contributed by atoms with Crippen LogP contribution in [0.2, 0.25) is 0 Å². The van der Waals surface area contributed by atoms with Crippen molar-refractivity contribution in [1.82, 2.24) is 0 Å². The molecule has 0 saturated heterocycles. The molecule has 2 nitrogen and oxygen atoms in total. The van der Waals surface area contributed by atoms with Crippen LogP contribution in [-0.4, -0.2) is 10.9 Å². The van der Waals surface area contributed by atoms with Crippen LogP contribution in [-0.2, 0) is 6.42 Å². The Morgan fingerprint density at radius 1 is 1.31 bits per heavy atom. The summed E-state index contributed by atoms with van der Waals surface area (Å²) in [4.78, 5) is 1.22. The first-order valence-electron chi connectivity index (χ1n) is 5.10. The van der Waals surface area contributed by atoms with Gasteiger partial charge < -0.3 is 5.21 Å². The summed E-state index contributed by atoms with van der Waals surface area (Å²) >= 11 is 1.70. The van der Waals surface area contributed by atoms with E-state index in [1.807, 2.05) is 30.3 Å². The molecule has 0 amide bonds. The van der Waals surface area contributed by atoms with Crippen LogP contribution < -0.4 is 0 Å². The van der Waals surface area contributed by atoms with Crippen molar-refractivity contribution in [1.29, 1.82) is 0 Å². The first-order valence-corrected chi connectivity index (χ1v) is 5.98. The summed E-state index contributed by atoms with van der Waals surface area (Å²) in [6.45, 7) is 2.07. The van der Waals surface area contributed by atoms with Gasteiger partial charge in [-0.3, -0.25) is 0 Å². The summed E-state index contributed by atoms with van der Waals surface area (Å²) in [5.74, 6) is 0. The lowest BCUT2D eigenvalue weighted by molar-refractivity contribution is 0.318. The zero-order chi connectivity index (χ0) is 11.4. The van der Waals surface area contributed by atoms with Gasteiger partial charge in [0.1, 0.15) is 0 Å². The average Bonchev–Trinajstić information content (AvgIpc) is 2.73. The third kappa shape index (κ3) is 2.49. The third-order valence-corrected chi connectivity index (χ3v) is 3.41. The predicted molar refractivity (Wildman–Crippen MR) is 67.5 cm³/mol. The Morgan fingerprint density at radius 2 is 2.06 bits per heavy atom. The molecule has 0 bridgehead atoms. The van der Waals surface area contributed by atoms with Crippen molar-refractivity contribution >= 4 is 17.0 Å². The number of hydrogen-bond donors (Lipinski definition) is 1. The molecule has 0 fully saturated rings. The Labute approximate surface area is 98.9 Å². The summed E-state index contributed by atoms with van der Waals surface area (Å²) in [7, 11) is 0. The monoisotopic (exact) mass is 231 g/mol. The van der Waals surface area contributed by atoms with E-state index in [9.17, 15) is 0 Å². The molecule has 0 aliphatic heterocycles. The summed E-state index contributed by atoms with van der Waals surface area (Å²) in [6.07, 6.45) is 0.680. The van der Waals surface area contributed by atoms with E-state index in [0.29, 0.717) is 12.1 Å². The Balaban J connectivity index is 2.20. The van der Waals surface area contributed by atoms with Gasteiger partial charge in [-0.15, -0.1) is 11.3 Å². The fourth-order valence-corrected chi connectivity index (χ4v) is 2.45. The lowest BCUT2D eigenvalue weighted by atomic mass is 10.1. The summed E-state index contributed by atoms with van der Waals surface area (Å²) in [5, 5.41) is 14.5. The Kier molecular flexibility index (Phi) is 3.37. The Bertz CT molecular complexity index is 488. The standard InChI is InChI=1S/C13H13NOS/c1-10-7-12(16-9-10)8-13(14-15)11-5-3-2-4-6-11/h2-7,9,15H,8H2,1H3. The van der Waals surface area contributed by atoms with E-state index in [1.165, 1.54) is 10.4 Å². The van der Waals surface area contributed by atoms with Crippen LogP contribution in [0, 0.1) is 6.92 Å². The maximum Gasteiger partial charge on any atom is 0.0919 e. The summed E-state index contributed by atoms with van der Waals surface area (Å²) in [5.41, 5.74) is 2.93. The van der Waals surface area contributed by atoms with Gasteiger partial charge in [-0.05, 0) is 29.5 Å². The van der Waals surface area contributed by atoms with Crippen LogP contribution in [0.3, 0.4) is 0 Å². The molecule has 0 atom stereocenters. The van der Waals surface area contributed by atoms with Crippen molar-refractivity contribution < 1.29 is 5.21 Å². The van der Waals surface area contributed by atoms with Crippen LogP contribution in [0.25, 0.3) is 0 Å². The SMILES string of the molecule is Cc1csc(CC(=NO)c2ccccc2)c1. The van der Waals surface area contributed by atoms with E-state index in [0.717, 1.165) is 5.56 Å². The second kappa shape index (κ2) is 4.94. The first kappa shape index (κ1) is 10.9. The molecule has 3 heteroatoms. The van der Waals surface area contributed by atoms with Gasteiger partial charge in [0.05, 0.1) is 5.71 Å². The van der Waals surface area contributed by atoms with E-state index in [-0.39, 0.29) is 0 Å². The van der Waals surface area contributed by atoms with E-state index < -0.39 is 0 Å². The number of rotatable bonds is 3. The average molecular weight is 231 g/mol. The van der Waals surface area contributed by atoms with Crippen LogP contribution in [0.5, 0.6) is 0 Å². The van der Waals surface area contributed by atoms with E-state index >= 15 is 0 Å². The first-order chi connectivity index (χ1) is 7.79. The van der Waals surface area contributed by atoms with Crippen LogP contribution in [0.4, 0.5) is 0 Å². The van der Waals surface area contributed by atoms with Crippen LogP contribution in [0.15, 0.2) is 46.9 Å². The molecular weight excluding hydrogens is 218 g/mol. The molecule has 2 rings (SSSR count). The Hall–Kier alpha value is -1.61. The molecule has 0 radical (unpaired) electrons. The fraction of sp³-hybridized carbons (Fsp3) is 0.154. The molecule has 16 heavy (non-hydrogen) atoms. The molecule has 1 aromatic heterocycles. The molecule has 0 unspecified atom stereocenters. The molecule has 0 aliphatic rings. The van der Waals surface area contributed by atoms with Gasteiger partial charge in [0.2, 0.25) is 0 Å².